The second-order valence-corrected chi connectivity index (χ2v) is 5.31. The third-order valence-corrected chi connectivity index (χ3v) is 3.91. The summed E-state index contributed by atoms with van der Waals surface area (Å²) in [5, 5.41) is 9.05. The van der Waals surface area contributed by atoms with E-state index in [9.17, 15) is 9.59 Å². The van der Waals surface area contributed by atoms with Crippen LogP contribution in [0.2, 0.25) is 0 Å². The van der Waals surface area contributed by atoms with Gasteiger partial charge in [-0.25, -0.2) is 0 Å². The average molecular weight is 267 g/mol. The van der Waals surface area contributed by atoms with Crippen molar-refractivity contribution in [2.24, 2.45) is 11.8 Å². The van der Waals surface area contributed by atoms with E-state index in [4.69, 9.17) is 5.11 Å². The third-order valence-electron chi connectivity index (χ3n) is 3.91. The fraction of sp³-hybridized carbons (Fsp3) is 0.733. The number of carbonyl (C=O) groups is 2. The van der Waals surface area contributed by atoms with Gasteiger partial charge < -0.3 is 10.0 Å². The summed E-state index contributed by atoms with van der Waals surface area (Å²) in [5.74, 6) is -0.601. The van der Waals surface area contributed by atoms with E-state index in [1.807, 2.05) is 6.92 Å². The number of nitrogens with zero attached hydrogens (tertiary/aromatic N) is 1. The molecule has 0 spiro atoms. The first-order chi connectivity index (χ1) is 9.10. The highest BCUT2D eigenvalue weighted by Gasteiger charge is 2.29. The van der Waals surface area contributed by atoms with Crippen molar-refractivity contribution < 1.29 is 14.7 Å². The van der Waals surface area contributed by atoms with Gasteiger partial charge in [0.1, 0.15) is 0 Å². The van der Waals surface area contributed by atoms with Crippen LogP contribution < -0.4 is 0 Å². The number of hydrogen-bond acceptors (Lipinski definition) is 2. The molecule has 0 bridgehead atoms. The van der Waals surface area contributed by atoms with E-state index < -0.39 is 5.97 Å². The first-order valence-electron chi connectivity index (χ1n) is 7.26. The molecule has 2 atom stereocenters. The number of rotatable bonds is 9. The van der Waals surface area contributed by atoms with Crippen LogP contribution in [-0.4, -0.2) is 28.4 Å². The zero-order valence-electron chi connectivity index (χ0n) is 11.8. The number of amides is 1. The van der Waals surface area contributed by atoms with Gasteiger partial charge in [0.25, 0.3) is 0 Å². The van der Waals surface area contributed by atoms with Gasteiger partial charge in [-0.3, -0.25) is 9.59 Å². The summed E-state index contributed by atoms with van der Waals surface area (Å²) in [5.41, 5.74) is 0. The van der Waals surface area contributed by atoms with Crippen molar-refractivity contribution >= 4 is 11.9 Å². The molecule has 1 N–H and O–H groups in total. The maximum absolute atomic E-state index is 11.8. The number of carbonyl (C=O) groups excluding carboxylic acids is 1. The molecule has 0 radical (unpaired) electrons. The quantitative estimate of drug-likeness (QED) is 0.653. The molecule has 0 saturated carbocycles. The van der Waals surface area contributed by atoms with E-state index in [1.54, 1.807) is 11.1 Å². The molecule has 0 aromatic heterocycles. The number of carboxylic acid groups (broad SMARTS) is 1. The van der Waals surface area contributed by atoms with Crippen LogP contribution in [0.4, 0.5) is 0 Å². The summed E-state index contributed by atoms with van der Waals surface area (Å²) in [7, 11) is 0. The first kappa shape index (κ1) is 15.7. The standard InChI is InChI=1S/C15H25NO3/c1-3-7-13(15(18)19)9-6-5-8-12-10-11-16(4-2)14(12)17/h4,12-13H,2-3,5-11H2,1H3,(H,18,19). The van der Waals surface area contributed by atoms with Gasteiger partial charge in [0.05, 0.1) is 5.92 Å². The van der Waals surface area contributed by atoms with Gasteiger partial charge in [0, 0.05) is 12.5 Å². The van der Waals surface area contributed by atoms with Crippen LogP contribution in [0.25, 0.3) is 0 Å². The number of unbranched alkanes of at least 4 members (excludes halogenated alkanes) is 1. The highest BCUT2D eigenvalue weighted by molar-refractivity contribution is 5.81. The molecule has 1 fully saturated rings. The second kappa shape index (κ2) is 7.97. The highest BCUT2D eigenvalue weighted by atomic mass is 16.4. The zero-order valence-corrected chi connectivity index (χ0v) is 11.8. The van der Waals surface area contributed by atoms with Gasteiger partial charge in [-0.05, 0) is 31.9 Å². The minimum Gasteiger partial charge on any atom is -0.481 e. The van der Waals surface area contributed by atoms with Gasteiger partial charge in [0.2, 0.25) is 5.91 Å². The number of aliphatic carboxylic acids is 1. The van der Waals surface area contributed by atoms with Crippen molar-refractivity contribution in [1.82, 2.24) is 4.90 Å². The molecule has 4 nitrogen and oxygen atoms in total. The SMILES string of the molecule is C=CN1CCC(CCCCC(CCC)C(=O)O)C1=O. The van der Waals surface area contributed by atoms with E-state index in [1.165, 1.54) is 0 Å². The van der Waals surface area contributed by atoms with Crippen LogP contribution in [0.5, 0.6) is 0 Å². The van der Waals surface area contributed by atoms with Crippen LogP contribution in [0.1, 0.15) is 51.9 Å². The topological polar surface area (TPSA) is 57.6 Å². The highest BCUT2D eigenvalue weighted by Crippen LogP contribution is 2.25. The van der Waals surface area contributed by atoms with Gasteiger partial charge >= 0.3 is 5.97 Å². The van der Waals surface area contributed by atoms with E-state index in [0.717, 1.165) is 51.5 Å². The summed E-state index contributed by atoms with van der Waals surface area (Å²) in [6, 6.07) is 0. The molecule has 1 saturated heterocycles. The van der Waals surface area contributed by atoms with Gasteiger partial charge in [-0.15, -0.1) is 0 Å². The molecule has 0 aromatic rings. The lowest BCUT2D eigenvalue weighted by atomic mass is 9.94. The maximum atomic E-state index is 11.8. The first-order valence-corrected chi connectivity index (χ1v) is 7.26. The van der Waals surface area contributed by atoms with Gasteiger partial charge in [-0.2, -0.15) is 0 Å². The van der Waals surface area contributed by atoms with Crippen LogP contribution in [0, 0.1) is 11.8 Å². The van der Waals surface area contributed by atoms with E-state index in [0.29, 0.717) is 0 Å². The van der Waals surface area contributed by atoms with Crippen molar-refractivity contribution in [3.63, 3.8) is 0 Å². The Morgan fingerprint density at radius 3 is 2.79 bits per heavy atom. The number of likely N-dealkylation sites (tertiary alicyclic amines) is 1. The molecular formula is C15H25NO3. The van der Waals surface area contributed by atoms with Crippen molar-refractivity contribution in [2.75, 3.05) is 6.54 Å². The van der Waals surface area contributed by atoms with Crippen molar-refractivity contribution in [2.45, 2.75) is 51.9 Å². The van der Waals surface area contributed by atoms with E-state index in [-0.39, 0.29) is 17.7 Å². The smallest absolute Gasteiger partial charge is 0.306 e. The van der Waals surface area contributed by atoms with Gasteiger partial charge in [-0.1, -0.05) is 32.8 Å². The Labute approximate surface area is 115 Å². The molecule has 19 heavy (non-hydrogen) atoms. The molecule has 0 aliphatic carbocycles. The lowest BCUT2D eigenvalue weighted by molar-refractivity contribution is -0.142. The number of carboxylic acids is 1. The minimum absolute atomic E-state index is 0.118. The largest absolute Gasteiger partial charge is 0.481 e. The van der Waals surface area contributed by atoms with Gasteiger partial charge in [0.15, 0.2) is 0 Å². The van der Waals surface area contributed by atoms with Crippen molar-refractivity contribution in [3.05, 3.63) is 12.8 Å². The average Bonchev–Trinajstić information content (AvgIpc) is 2.73. The monoisotopic (exact) mass is 267 g/mol. The number of hydrogen-bond donors (Lipinski definition) is 1. The normalized spacial score (nSPS) is 20.6. The van der Waals surface area contributed by atoms with Crippen LogP contribution >= 0.6 is 0 Å². The summed E-state index contributed by atoms with van der Waals surface area (Å²) in [6.45, 7) is 6.42. The summed E-state index contributed by atoms with van der Waals surface area (Å²) in [6.07, 6.45) is 7.61. The summed E-state index contributed by atoms with van der Waals surface area (Å²) in [4.78, 5) is 24.5. The van der Waals surface area contributed by atoms with Crippen molar-refractivity contribution in [1.29, 1.82) is 0 Å². The lowest BCUT2D eigenvalue weighted by Gasteiger charge is -2.12. The molecule has 1 heterocycles. The Hall–Kier alpha value is -1.32. The Kier molecular flexibility index (Phi) is 6.60. The summed E-state index contributed by atoms with van der Waals surface area (Å²) >= 11 is 0. The predicted molar refractivity (Wildman–Crippen MR) is 74.5 cm³/mol. The molecule has 1 amide bonds. The minimum atomic E-state index is -0.684. The maximum Gasteiger partial charge on any atom is 0.306 e. The molecule has 1 rings (SSSR count). The molecule has 0 aromatic carbocycles. The molecule has 108 valence electrons. The lowest BCUT2D eigenvalue weighted by Crippen LogP contribution is -2.21. The van der Waals surface area contributed by atoms with E-state index >= 15 is 0 Å². The molecule has 2 unspecified atom stereocenters. The Morgan fingerprint density at radius 1 is 1.53 bits per heavy atom. The Morgan fingerprint density at radius 2 is 2.26 bits per heavy atom. The summed E-state index contributed by atoms with van der Waals surface area (Å²) < 4.78 is 0. The Balaban J connectivity index is 2.22. The molecule has 4 heteroatoms. The van der Waals surface area contributed by atoms with Crippen molar-refractivity contribution in [3.8, 4) is 0 Å². The predicted octanol–water partition coefficient (Wildman–Crippen LogP) is 3.04. The second-order valence-electron chi connectivity index (χ2n) is 5.31. The van der Waals surface area contributed by atoms with Crippen LogP contribution in [0.3, 0.4) is 0 Å². The molecule has 1 aliphatic rings. The third kappa shape index (κ3) is 4.69. The van der Waals surface area contributed by atoms with E-state index in [2.05, 4.69) is 6.58 Å². The van der Waals surface area contributed by atoms with Crippen LogP contribution in [-0.2, 0) is 9.59 Å². The Bertz CT molecular complexity index is 327. The van der Waals surface area contributed by atoms with Crippen LogP contribution in [0.15, 0.2) is 12.8 Å². The zero-order chi connectivity index (χ0) is 14.3. The fourth-order valence-corrected chi connectivity index (χ4v) is 2.73. The fourth-order valence-electron chi connectivity index (χ4n) is 2.73. The molecule has 1 aliphatic heterocycles. The molecular weight excluding hydrogens is 242 g/mol.